The van der Waals surface area contributed by atoms with E-state index in [1.54, 1.807) is 0 Å². The maximum Gasteiger partial charge on any atom is 0.0331 e. The quantitative estimate of drug-likeness (QED) is 0.703. The van der Waals surface area contributed by atoms with E-state index >= 15 is 0 Å². The highest BCUT2D eigenvalue weighted by Gasteiger charge is 2.36. The third kappa shape index (κ3) is 2.44. The maximum atomic E-state index is 5.91. The molecule has 0 aliphatic heterocycles. The van der Waals surface area contributed by atoms with E-state index in [0.29, 0.717) is 6.04 Å². The highest BCUT2D eigenvalue weighted by Crippen LogP contribution is 2.33. The third-order valence-electron chi connectivity index (χ3n) is 3.39. The Hall–Kier alpha value is -0.0800. The minimum absolute atomic E-state index is 0.229. The van der Waals surface area contributed by atoms with Gasteiger partial charge in [-0.25, -0.2) is 0 Å². The van der Waals surface area contributed by atoms with Gasteiger partial charge in [-0.3, -0.25) is 0 Å². The Morgan fingerprint density at radius 2 is 2.15 bits per heavy atom. The second-order valence-corrected chi connectivity index (χ2v) is 4.81. The summed E-state index contributed by atoms with van der Waals surface area (Å²) >= 11 is 0. The molecule has 0 saturated heterocycles. The highest BCUT2D eigenvalue weighted by molar-refractivity contribution is 4.97. The number of hydrogen-bond acceptors (Lipinski definition) is 2. The van der Waals surface area contributed by atoms with Crippen LogP contribution in [-0.4, -0.2) is 18.1 Å². The van der Waals surface area contributed by atoms with Gasteiger partial charge in [0, 0.05) is 18.1 Å². The first-order valence-electron chi connectivity index (χ1n) is 5.58. The smallest absolute Gasteiger partial charge is 0.0331 e. The summed E-state index contributed by atoms with van der Waals surface area (Å²) in [5, 5.41) is 3.67. The van der Waals surface area contributed by atoms with Crippen LogP contribution in [0.25, 0.3) is 0 Å². The van der Waals surface area contributed by atoms with Crippen molar-refractivity contribution < 1.29 is 0 Å². The summed E-state index contributed by atoms with van der Waals surface area (Å²) < 4.78 is 0. The second kappa shape index (κ2) is 4.43. The lowest BCUT2D eigenvalue weighted by atomic mass is 9.73. The molecule has 78 valence electrons. The van der Waals surface area contributed by atoms with Crippen LogP contribution >= 0.6 is 0 Å². The van der Waals surface area contributed by atoms with Crippen molar-refractivity contribution in [1.29, 1.82) is 0 Å². The summed E-state index contributed by atoms with van der Waals surface area (Å²) in [6.07, 6.45) is 5.30. The predicted molar refractivity (Wildman–Crippen MR) is 57.7 cm³/mol. The highest BCUT2D eigenvalue weighted by atomic mass is 15.0. The number of nitrogens with one attached hydrogen (secondary N) is 1. The molecule has 1 aliphatic rings. The molecule has 13 heavy (non-hydrogen) atoms. The summed E-state index contributed by atoms with van der Waals surface area (Å²) in [6.45, 7) is 7.53. The lowest BCUT2D eigenvalue weighted by molar-refractivity contribution is 0.150. The monoisotopic (exact) mass is 184 g/mol. The lowest BCUT2D eigenvalue weighted by Gasteiger charge is -2.44. The first-order chi connectivity index (χ1) is 6.10. The molecule has 1 saturated carbocycles. The first kappa shape index (κ1) is 11.0. The van der Waals surface area contributed by atoms with Gasteiger partial charge in [-0.1, -0.05) is 33.6 Å². The van der Waals surface area contributed by atoms with Crippen LogP contribution in [0.3, 0.4) is 0 Å². The fourth-order valence-electron chi connectivity index (χ4n) is 2.57. The fraction of sp³-hybridized carbons (Fsp3) is 1.00. The summed E-state index contributed by atoms with van der Waals surface area (Å²) in [5.74, 6) is 0.730. The van der Waals surface area contributed by atoms with Crippen molar-refractivity contribution in [3.63, 3.8) is 0 Å². The molecular weight excluding hydrogens is 160 g/mol. The van der Waals surface area contributed by atoms with Crippen molar-refractivity contribution >= 4 is 0 Å². The van der Waals surface area contributed by atoms with Crippen LogP contribution < -0.4 is 11.1 Å². The molecular formula is C11H24N2. The van der Waals surface area contributed by atoms with Crippen molar-refractivity contribution in [2.24, 2.45) is 11.7 Å². The summed E-state index contributed by atoms with van der Waals surface area (Å²) in [6, 6.07) is 0.545. The Morgan fingerprint density at radius 3 is 2.62 bits per heavy atom. The minimum atomic E-state index is 0.229. The van der Waals surface area contributed by atoms with Crippen molar-refractivity contribution in [2.75, 3.05) is 6.54 Å². The van der Waals surface area contributed by atoms with Crippen LogP contribution in [0.15, 0.2) is 0 Å². The van der Waals surface area contributed by atoms with Gasteiger partial charge in [0.2, 0.25) is 0 Å². The van der Waals surface area contributed by atoms with Gasteiger partial charge in [0.25, 0.3) is 0 Å². The fourth-order valence-corrected chi connectivity index (χ4v) is 2.57. The molecule has 1 aliphatic carbocycles. The topological polar surface area (TPSA) is 38.0 Å². The summed E-state index contributed by atoms with van der Waals surface area (Å²) in [7, 11) is 0. The van der Waals surface area contributed by atoms with E-state index in [1.165, 1.54) is 25.7 Å². The summed E-state index contributed by atoms with van der Waals surface area (Å²) in [4.78, 5) is 0. The van der Waals surface area contributed by atoms with Crippen LogP contribution in [0.5, 0.6) is 0 Å². The molecule has 2 nitrogen and oxygen atoms in total. The molecule has 2 heteroatoms. The number of rotatable bonds is 3. The van der Waals surface area contributed by atoms with Crippen LogP contribution in [0.2, 0.25) is 0 Å². The molecule has 1 fully saturated rings. The Kier molecular flexibility index (Phi) is 3.74. The molecule has 0 amide bonds. The van der Waals surface area contributed by atoms with Gasteiger partial charge < -0.3 is 11.1 Å². The van der Waals surface area contributed by atoms with Gasteiger partial charge in [0.15, 0.2) is 0 Å². The average molecular weight is 184 g/mol. The average Bonchev–Trinajstić information content (AvgIpc) is 2.08. The van der Waals surface area contributed by atoms with Crippen molar-refractivity contribution in [1.82, 2.24) is 5.32 Å². The van der Waals surface area contributed by atoms with Crippen molar-refractivity contribution in [3.8, 4) is 0 Å². The number of hydrogen-bond donors (Lipinski definition) is 2. The first-order valence-corrected chi connectivity index (χ1v) is 5.58. The van der Waals surface area contributed by atoms with Crippen LogP contribution in [0.1, 0.15) is 46.5 Å². The second-order valence-electron chi connectivity index (χ2n) is 4.81. The van der Waals surface area contributed by atoms with Gasteiger partial charge in [-0.15, -0.1) is 0 Å². The van der Waals surface area contributed by atoms with Gasteiger partial charge in [0.05, 0.1) is 0 Å². The van der Waals surface area contributed by atoms with Gasteiger partial charge in [0.1, 0.15) is 0 Å². The van der Waals surface area contributed by atoms with Crippen molar-refractivity contribution in [3.05, 3.63) is 0 Å². The molecule has 0 heterocycles. The summed E-state index contributed by atoms with van der Waals surface area (Å²) in [5.41, 5.74) is 6.14. The molecule has 2 atom stereocenters. The van der Waals surface area contributed by atoms with E-state index in [0.717, 1.165) is 12.5 Å². The zero-order valence-electron chi connectivity index (χ0n) is 9.27. The van der Waals surface area contributed by atoms with Gasteiger partial charge in [-0.05, 0) is 18.8 Å². The molecule has 3 N–H and O–H groups in total. The van der Waals surface area contributed by atoms with E-state index in [-0.39, 0.29) is 5.54 Å². The molecule has 2 unspecified atom stereocenters. The van der Waals surface area contributed by atoms with E-state index in [2.05, 4.69) is 26.1 Å². The van der Waals surface area contributed by atoms with Crippen molar-refractivity contribution in [2.45, 2.75) is 58.0 Å². The zero-order valence-corrected chi connectivity index (χ0v) is 9.27. The predicted octanol–water partition coefficient (Wildman–Crippen LogP) is 1.89. The SMILES string of the molecule is CC(C)NC1(CN)CCCCC1C. The van der Waals surface area contributed by atoms with Gasteiger partial charge in [-0.2, -0.15) is 0 Å². The van der Waals surface area contributed by atoms with E-state index in [1.807, 2.05) is 0 Å². The van der Waals surface area contributed by atoms with E-state index in [4.69, 9.17) is 5.73 Å². The Bertz CT molecular complexity index is 156. The standard InChI is InChI=1S/C11H24N2/c1-9(2)13-11(8-12)7-5-4-6-10(11)3/h9-10,13H,4-8,12H2,1-3H3. The Labute approximate surface area is 82.3 Å². The lowest BCUT2D eigenvalue weighted by Crippen LogP contribution is -2.59. The Balaban J connectivity index is 2.64. The van der Waals surface area contributed by atoms with Crippen LogP contribution in [0, 0.1) is 5.92 Å². The van der Waals surface area contributed by atoms with Crippen LogP contribution in [0.4, 0.5) is 0 Å². The maximum absolute atomic E-state index is 5.91. The van der Waals surface area contributed by atoms with Gasteiger partial charge >= 0.3 is 0 Å². The minimum Gasteiger partial charge on any atom is -0.329 e. The third-order valence-corrected chi connectivity index (χ3v) is 3.39. The molecule has 0 aromatic heterocycles. The molecule has 0 bridgehead atoms. The molecule has 0 aromatic rings. The largest absolute Gasteiger partial charge is 0.329 e. The molecule has 0 aromatic carbocycles. The van der Waals surface area contributed by atoms with Crippen LogP contribution in [-0.2, 0) is 0 Å². The van der Waals surface area contributed by atoms with E-state index in [9.17, 15) is 0 Å². The normalized spacial score (nSPS) is 35.3. The molecule has 0 spiro atoms. The zero-order chi connectivity index (χ0) is 9.90. The van der Waals surface area contributed by atoms with E-state index < -0.39 is 0 Å². The molecule has 1 rings (SSSR count). The number of nitrogens with two attached hydrogens (primary N) is 1. The Morgan fingerprint density at radius 1 is 1.46 bits per heavy atom. The molecule has 0 radical (unpaired) electrons.